The minimum Gasteiger partial charge on any atom is -0.449 e. The van der Waals surface area contributed by atoms with E-state index in [-0.39, 0.29) is 0 Å². The molecule has 0 saturated heterocycles. The van der Waals surface area contributed by atoms with Gasteiger partial charge in [0.2, 0.25) is 0 Å². The van der Waals surface area contributed by atoms with Crippen LogP contribution in [0, 0.1) is 0 Å². The number of nitrogens with zero attached hydrogens (tertiary/aromatic N) is 2. The molecule has 9 aromatic carbocycles. The van der Waals surface area contributed by atoms with E-state index in [0.717, 1.165) is 62.0 Å². The molecule has 4 heteroatoms. The predicted octanol–water partition coefficient (Wildman–Crippen LogP) is 15.2. The van der Waals surface area contributed by atoms with Crippen LogP contribution in [-0.4, -0.2) is 4.57 Å². The van der Waals surface area contributed by atoms with Gasteiger partial charge in [0.25, 0.3) is 0 Å². The third-order valence-electron chi connectivity index (χ3n) is 11.1. The van der Waals surface area contributed by atoms with Crippen LogP contribution in [0.5, 0.6) is 23.0 Å². The van der Waals surface area contributed by atoms with Crippen LogP contribution in [0.1, 0.15) is 0 Å². The van der Waals surface area contributed by atoms with Crippen molar-refractivity contribution in [3.8, 4) is 62.1 Å². The first kappa shape index (κ1) is 33.5. The van der Waals surface area contributed by atoms with Crippen LogP contribution in [0.25, 0.3) is 60.9 Å². The third-order valence-corrected chi connectivity index (χ3v) is 11.1. The first-order valence-corrected chi connectivity index (χ1v) is 19.6. The first-order chi connectivity index (χ1) is 28.7. The van der Waals surface area contributed by atoms with E-state index < -0.39 is 0 Å². The Bertz CT molecular complexity index is 3060. The van der Waals surface area contributed by atoms with Crippen molar-refractivity contribution in [3.05, 3.63) is 218 Å². The summed E-state index contributed by atoms with van der Waals surface area (Å²) in [7, 11) is 0. The molecule has 2 heterocycles. The number of hydrogen-bond acceptors (Lipinski definition) is 3. The summed E-state index contributed by atoms with van der Waals surface area (Å²) in [6.07, 6.45) is 0. The lowest BCUT2D eigenvalue weighted by Gasteiger charge is -2.26. The number of hydrogen-bond donors (Lipinski definition) is 0. The minimum atomic E-state index is 0.712. The second-order valence-corrected chi connectivity index (χ2v) is 14.6. The molecule has 0 radical (unpaired) electrons. The smallest absolute Gasteiger partial charge is 0.172 e. The normalized spacial score (nSPS) is 11.7. The second-order valence-electron chi connectivity index (χ2n) is 14.6. The highest BCUT2D eigenvalue weighted by atomic mass is 16.6. The van der Waals surface area contributed by atoms with Crippen molar-refractivity contribution in [2.75, 3.05) is 4.90 Å². The van der Waals surface area contributed by atoms with E-state index in [1.807, 2.05) is 24.3 Å². The molecule has 0 fully saturated rings. The van der Waals surface area contributed by atoms with Crippen LogP contribution >= 0.6 is 0 Å². The zero-order chi connectivity index (χ0) is 38.4. The Morgan fingerprint density at radius 3 is 1.28 bits per heavy atom. The second kappa shape index (κ2) is 14.0. The van der Waals surface area contributed by atoms with Crippen LogP contribution in [0.3, 0.4) is 0 Å². The molecule has 0 N–H and O–H groups in total. The quantitative estimate of drug-likeness (QED) is 0.163. The standard InChI is InChI=1S/C54H36N2O2/c1-3-11-37(12-4-1)40-23-29-44(30-24-40)55(43-13-5-2-6-14-43)45-31-25-41(26-32-45)38-19-21-39(22-20-38)42-27-33-46(34-28-42)56-49-16-8-7-15-47(49)48-35-53-54(36-50(48)56)58-52-18-10-9-17-51(52)57-53/h1-36H. The van der Waals surface area contributed by atoms with Crippen LogP contribution < -0.4 is 14.4 Å². The van der Waals surface area contributed by atoms with Gasteiger partial charge < -0.3 is 18.9 Å². The highest BCUT2D eigenvalue weighted by molar-refractivity contribution is 6.10. The van der Waals surface area contributed by atoms with Gasteiger partial charge in [0.1, 0.15) is 0 Å². The molecule has 1 aliphatic heterocycles. The number of anilines is 3. The number of ether oxygens (including phenoxy) is 2. The van der Waals surface area contributed by atoms with Crippen molar-refractivity contribution in [1.82, 2.24) is 4.57 Å². The van der Waals surface area contributed by atoms with Crippen molar-refractivity contribution >= 4 is 38.9 Å². The summed E-state index contributed by atoms with van der Waals surface area (Å²) in [4.78, 5) is 2.31. The molecule has 0 spiro atoms. The highest BCUT2D eigenvalue weighted by Gasteiger charge is 2.22. The third kappa shape index (κ3) is 5.96. The molecule has 0 amide bonds. The Morgan fingerprint density at radius 1 is 0.293 bits per heavy atom. The van der Waals surface area contributed by atoms with Gasteiger partial charge >= 0.3 is 0 Å². The molecular weight excluding hydrogens is 709 g/mol. The summed E-state index contributed by atoms with van der Waals surface area (Å²) in [6, 6.07) is 76.9. The largest absolute Gasteiger partial charge is 0.449 e. The monoisotopic (exact) mass is 744 g/mol. The SMILES string of the molecule is c1ccc(-c2ccc(N(c3ccccc3)c3ccc(-c4ccc(-c5ccc(-n6c7ccccc7c7cc8c(cc76)Oc6ccccc6O8)cc5)cc4)cc3)cc2)cc1. The lowest BCUT2D eigenvalue weighted by Crippen LogP contribution is -2.09. The highest BCUT2D eigenvalue weighted by Crippen LogP contribution is 2.48. The summed E-state index contributed by atoms with van der Waals surface area (Å²) in [6.45, 7) is 0. The number of benzene rings is 9. The number of para-hydroxylation sites is 4. The molecular formula is C54H36N2O2. The van der Waals surface area contributed by atoms with E-state index in [1.165, 1.54) is 33.2 Å². The molecule has 0 bridgehead atoms. The zero-order valence-electron chi connectivity index (χ0n) is 31.5. The van der Waals surface area contributed by atoms with Gasteiger partial charge in [-0.25, -0.2) is 0 Å². The van der Waals surface area contributed by atoms with Gasteiger partial charge in [-0.2, -0.15) is 0 Å². The minimum absolute atomic E-state index is 0.712. The Morgan fingerprint density at radius 2 is 0.707 bits per heavy atom. The molecule has 0 unspecified atom stereocenters. The Balaban J connectivity index is 0.864. The lowest BCUT2D eigenvalue weighted by atomic mass is 9.99. The van der Waals surface area contributed by atoms with Crippen molar-refractivity contribution < 1.29 is 9.47 Å². The predicted molar refractivity (Wildman–Crippen MR) is 238 cm³/mol. The summed E-state index contributed by atoms with van der Waals surface area (Å²) < 4.78 is 14.9. The van der Waals surface area contributed by atoms with Crippen molar-refractivity contribution in [3.63, 3.8) is 0 Å². The molecule has 1 aromatic heterocycles. The van der Waals surface area contributed by atoms with Crippen LogP contribution in [0.4, 0.5) is 17.1 Å². The van der Waals surface area contributed by atoms with E-state index in [0.29, 0.717) is 5.75 Å². The van der Waals surface area contributed by atoms with Crippen molar-refractivity contribution in [2.24, 2.45) is 0 Å². The molecule has 0 atom stereocenters. The van der Waals surface area contributed by atoms with Crippen molar-refractivity contribution in [1.29, 1.82) is 0 Å². The molecule has 0 aliphatic carbocycles. The number of aromatic nitrogens is 1. The maximum absolute atomic E-state index is 6.32. The number of rotatable bonds is 7. The summed E-state index contributed by atoms with van der Waals surface area (Å²) in [5.41, 5.74) is 13.7. The summed E-state index contributed by atoms with van der Waals surface area (Å²) in [5, 5.41) is 2.29. The van der Waals surface area contributed by atoms with E-state index in [9.17, 15) is 0 Å². The summed E-state index contributed by atoms with van der Waals surface area (Å²) in [5.74, 6) is 2.89. The number of fused-ring (bicyclic) bond motifs is 5. The molecule has 1 aliphatic rings. The maximum atomic E-state index is 6.32. The molecule has 0 saturated carbocycles. The van der Waals surface area contributed by atoms with Gasteiger partial charge in [0.05, 0.1) is 11.0 Å². The van der Waals surface area contributed by atoms with E-state index in [2.05, 4.69) is 204 Å². The fourth-order valence-electron chi connectivity index (χ4n) is 8.19. The van der Waals surface area contributed by atoms with Gasteiger partial charge in [-0.05, 0) is 106 Å². The zero-order valence-corrected chi connectivity index (χ0v) is 31.5. The molecule has 11 rings (SSSR count). The van der Waals surface area contributed by atoms with Crippen molar-refractivity contribution in [2.45, 2.75) is 0 Å². The van der Waals surface area contributed by atoms with Crippen LogP contribution in [-0.2, 0) is 0 Å². The molecule has 10 aromatic rings. The van der Waals surface area contributed by atoms with E-state index >= 15 is 0 Å². The van der Waals surface area contributed by atoms with Gasteiger partial charge in [-0.1, -0.05) is 140 Å². The molecule has 58 heavy (non-hydrogen) atoms. The van der Waals surface area contributed by atoms with E-state index in [4.69, 9.17) is 9.47 Å². The topological polar surface area (TPSA) is 26.6 Å². The van der Waals surface area contributed by atoms with E-state index in [1.54, 1.807) is 0 Å². The van der Waals surface area contributed by atoms with Gasteiger partial charge in [0.15, 0.2) is 23.0 Å². The molecule has 274 valence electrons. The van der Waals surface area contributed by atoms with Crippen LogP contribution in [0.2, 0.25) is 0 Å². The average Bonchev–Trinajstić information content (AvgIpc) is 3.62. The average molecular weight is 745 g/mol. The van der Waals surface area contributed by atoms with Crippen LogP contribution in [0.15, 0.2) is 218 Å². The molecule has 4 nitrogen and oxygen atoms in total. The fraction of sp³-hybridized carbons (Fsp3) is 0. The van der Waals surface area contributed by atoms with Gasteiger partial charge in [-0.15, -0.1) is 0 Å². The Kier molecular flexibility index (Phi) is 8.11. The lowest BCUT2D eigenvalue weighted by molar-refractivity contribution is 0.360. The van der Waals surface area contributed by atoms with Gasteiger partial charge in [0, 0.05) is 39.6 Å². The first-order valence-electron chi connectivity index (χ1n) is 19.6. The Hall–Kier alpha value is -7.82. The fourth-order valence-corrected chi connectivity index (χ4v) is 8.19. The van der Waals surface area contributed by atoms with Gasteiger partial charge in [-0.3, -0.25) is 0 Å². The maximum Gasteiger partial charge on any atom is 0.172 e. The Labute approximate surface area is 337 Å². The summed E-state index contributed by atoms with van der Waals surface area (Å²) >= 11 is 0.